The molecule has 1 rings (SSSR count). The Balaban J connectivity index is 2.25. The van der Waals surface area contributed by atoms with Gasteiger partial charge in [-0.2, -0.15) is 5.10 Å². The highest BCUT2D eigenvalue weighted by molar-refractivity contribution is 5.37. The van der Waals surface area contributed by atoms with Crippen molar-refractivity contribution in [2.24, 2.45) is 5.92 Å². The second-order valence-corrected chi connectivity index (χ2v) is 3.05. The molecule has 0 aromatic carbocycles. The van der Waals surface area contributed by atoms with Crippen LogP contribution in [0.15, 0.2) is 12.4 Å². The van der Waals surface area contributed by atoms with Gasteiger partial charge in [0.05, 0.1) is 11.9 Å². The molecule has 0 aliphatic rings. The largest absolute Gasteiger partial charge is 0.382 e. The molecule has 0 amide bonds. The number of aromatic amines is 1. The summed E-state index contributed by atoms with van der Waals surface area (Å²) in [7, 11) is 0. The van der Waals surface area contributed by atoms with Crippen LogP contribution in [-0.4, -0.2) is 16.7 Å². The summed E-state index contributed by atoms with van der Waals surface area (Å²) < 4.78 is 0. The highest BCUT2D eigenvalue weighted by Gasteiger charge is 2.02. The molecule has 3 heteroatoms. The van der Waals surface area contributed by atoms with Gasteiger partial charge in [-0.15, -0.1) is 0 Å². The maximum atomic E-state index is 3.86. The van der Waals surface area contributed by atoms with Gasteiger partial charge in [0.2, 0.25) is 0 Å². The van der Waals surface area contributed by atoms with Gasteiger partial charge in [0.15, 0.2) is 0 Å². The maximum Gasteiger partial charge on any atom is 0.0723 e. The summed E-state index contributed by atoms with van der Waals surface area (Å²) in [5, 5.41) is 9.97. The van der Waals surface area contributed by atoms with Crippen molar-refractivity contribution in [1.82, 2.24) is 10.2 Å². The van der Waals surface area contributed by atoms with E-state index in [1.165, 1.54) is 12.8 Å². The van der Waals surface area contributed by atoms with E-state index in [0.717, 1.165) is 18.2 Å². The van der Waals surface area contributed by atoms with Crippen LogP contribution in [0.1, 0.15) is 26.7 Å². The van der Waals surface area contributed by atoms with Crippen LogP contribution >= 0.6 is 0 Å². The fourth-order valence-corrected chi connectivity index (χ4v) is 1.19. The van der Waals surface area contributed by atoms with Crippen LogP contribution in [0.25, 0.3) is 0 Å². The Morgan fingerprint density at radius 3 is 2.75 bits per heavy atom. The topological polar surface area (TPSA) is 40.7 Å². The van der Waals surface area contributed by atoms with Crippen molar-refractivity contribution in [3.63, 3.8) is 0 Å². The molecule has 1 aromatic rings. The molecule has 2 N–H and O–H groups in total. The smallest absolute Gasteiger partial charge is 0.0723 e. The molecule has 1 aromatic heterocycles. The van der Waals surface area contributed by atoms with Gasteiger partial charge in [-0.25, -0.2) is 0 Å². The molecule has 68 valence electrons. The molecule has 0 atom stereocenters. The molecule has 0 saturated carbocycles. The molecule has 0 spiro atoms. The second kappa shape index (κ2) is 4.80. The fraction of sp³-hybridized carbons (Fsp3) is 0.667. The molecule has 0 saturated heterocycles. The third kappa shape index (κ3) is 2.57. The average molecular weight is 167 g/mol. The molecule has 0 unspecified atom stereocenters. The Kier molecular flexibility index (Phi) is 3.64. The number of anilines is 1. The second-order valence-electron chi connectivity index (χ2n) is 3.05. The minimum atomic E-state index is 0.778. The number of aromatic nitrogens is 2. The first-order chi connectivity index (χ1) is 5.86. The molecule has 1 heterocycles. The standard InChI is InChI=1S/C9H17N3/c1-3-8(4-2)5-10-9-6-11-12-7-9/h6-8,10H,3-5H2,1-2H3,(H,11,12). The SMILES string of the molecule is CCC(CC)CNc1cn[nH]c1. The summed E-state index contributed by atoms with van der Waals surface area (Å²) >= 11 is 0. The summed E-state index contributed by atoms with van der Waals surface area (Å²) in [6.45, 7) is 5.50. The molecule has 0 aliphatic carbocycles. The van der Waals surface area contributed by atoms with Gasteiger partial charge < -0.3 is 5.32 Å². The Morgan fingerprint density at radius 2 is 2.25 bits per heavy atom. The molecular formula is C9H17N3. The van der Waals surface area contributed by atoms with Gasteiger partial charge in [0.25, 0.3) is 0 Å². The van der Waals surface area contributed by atoms with Crippen molar-refractivity contribution >= 4 is 5.69 Å². The zero-order chi connectivity index (χ0) is 8.81. The van der Waals surface area contributed by atoms with Gasteiger partial charge in [0.1, 0.15) is 0 Å². The van der Waals surface area contributed by atoms with Crippen molar-refractivity contribution in [2.45, 2.75) is 26.7 Å². The fourth-order valence-electron chi connectivity index (χ4n) is 1.19. The van der Waals surface area contributed by atoms with Crippen LogP contribution in [0.2, 0.25) is 0 Å². The molecular weight excluding hydrogens is 150 g/mol. The van der Waals surface area contributed by atoms with Gasteiger partial charge in [-0.3, -0.25) is 5.10 Å². The summed E-state index contributed by atoms with van der Waals surface area (Å²) in [5.74, 6) is 0.778. The predicted molar refractivity (Wildman–Crippen MR) is 51.1 cm³/mol. The van der Waals surface area contributed by atoms with E-state index < -0.39 is 0 Å². The third-order valence-corrected chi connectivity index (χ3v) is 2.25. The Hall–Kier alpha value is -0.990. The monoisotopic (exact) mass is 167 g/mol. The zero-order valence-electron chi connectivity index (χ0n) is 7.80. The highest BCUT2D eigenvalue weighted by atomic mass is 15.1. The van der Waals surface area contributed by atoms with Crippen LogP contribution in [0.5, 0.6) is 0 Å². The number of H-pyrrole nitrogens is 1. The van der Waals surface area contributed by atoms with Crippen LogP contribution < -0.4 is 5.32 Å². The quantitative estimate of drug-likeness (QED) is 0.706. The molecule has 3 nitrogen and oxygen atoms in total. The van der Waals surface area contributed by atoms with Crippen LogP contribution in [0.3, 0.4) is 0 Å². The summed E-state index contributed by atoms with van der Waals surface area (Å²) in [5.41, 5.74) is 1.09. The first kappa shape index (κ1) is 9.10. The van der Waals surface area contributed by atoms with E-state index in [0.29, 0.717) is 0 Å². The molecule has 12 heavy (non-hydrogen) atoms. The minimum Gasteiger partial charge on any atom is -0.382 e. The zero-order valence-corrected chi connectivity index (χ0v) is 7.80. The predicted octanol–water partition coefficient (Wildman–Crippen LogP) is 2.26. The van der Waals surface area contributed by atoms with Crippen LogP contribution in [0.4, 0.5) is 5.69 Å². The van der Waals surface area contributed by atoms with E-state index in [-0.39, 0.29) is 0 Å². The van der Waals surface area contributed by atoms with Crippen LogP contribution in [0, 0.1) is 5.92 Å². The number of nitrogens with zero attached hydrogens (tertiary/aromatic N) is 1. The number of nitrogens with one attached hydrogen (secondary N) is 2. The summed E-state index contributed by atoms with van der Waals surface area (Å²) in [4.78, 5) is 0. The molecule has 0 fully saturated rings. The van der Waals surface area contributed by atoms with Crippen LogP contribution in [-0.2, 0) is 0 Å². The van der Waals surface area contributed by atoms with Crippen molar-refractivity contribution in [2.75, 3.05) is 11.9 Å². The molecule has 0 aliphatic heterocycles. The van der Waals surface area contributed by atoms with Gasteiger partial charge in [-0.1, -0.05) is 26.7 Å². The third-order valence-electron chi connectivity index (χ3n) is 2.25. The Labute approximate surface area is 73.6 Å². The lowest BCUT2D eigenvalue weighted by molar-refractivity contribution is 0.519. The van der Waals surface area contributed by atoms with E-state index in [4.69, 9.17) is 0 Å². The average Bonchev–Trinajstić information content (AvgIpc) is 2.59. The van der Waals surface area contributed by atoms with Crippen molar-refractivity contribution in [3.8, 4) is 0 Å². The number of hydrogen-bond donors (Lipinski definition) is 2. The lowest BCUT2D eigenvalue weighted by atomic mass is 10.0. The van der Waals surface area contributed by atoms with Gasteiger partial charge in [-0.05, 0) is 5.92 Å². The Bertz CT molecular complexity index is 190. The first-order valence-electron chi connectivity index (χ1n) is 4.59. The maximum absolute atomic E-state index is 3.86. The van der Waals surface area contributed by atoms with E-state index in [1.807, 2.05) is 12.4 Å². The van der Waals surface area contributed by atoms with Gasteiger partial charge >= 0.3 is 0 Å². The summed E-state index contributed by atoms with van der Waals surface area (Å²) in [6.07, 6.45) is 6.16. The van der Waals surface area contributed by atoms with Crippen molar-refractivity contribution in [1.29, 1.82) is 0 Å². The first-order valence-corrected chi connectivity index (χ1v) is 4.59. The molecule has 0 bridgehead atoms. The normalized spacial score (nSPS) is 10.6. The minimum absolute atomic E-state index is 0.778. The lowest BCUT2D eigenvalue weighted by Gasteiger charge is -2.12. The van der Waals surface area contributed by atoms with E-state index in [9.17, 15) is 0 Å². The van der Waals surface area contributed by atoms with Gasteiger partial charge in [0, 0.05) is 12.7 Å². The lowest BCUT2D eigenvalue weighted by Crippen LogP contribution is -2.12. The van der Waals surface area contributed by atoms with Crippen molar-refractivity contribution < 1.29 is 0 Å². The van der Waals surface area contributed by atoms with E-state index >= 15 is 0 Å². The van der Waals surface area contributed by atoms with E-state index in [2.05, 4.69) is 29.4 Å². The Morgan fingerprint density at radius 1 is 1.50 bits per heavy atom. The molecule has 0 radical (unpaired) electrons. The van der Waals surface area contributed by atoms with Crippen molar-refractivity contribution in [3.05, 3.63) is 12.4 Å². The highest BCUT2D eigenvalue weighted by Crippen LogP contribution is 2.09. The summed E-state index contributed by atoms with van der Waals surface area (Å²) in [6, 6.07) is 0. The van der Waals surface area contributed by atoms with E-state index in [1.54, 1.807) is 0 Å². The number of hydrogen-bond acceptors (Lipinski definition) is 2. The number of rotatable bonds is 5.